The van der Waals surface area contributed by atoms with E-state index < -0.39 is 47.4 Å². The van der Waals surface area contributed by atoms with Crippen molar-refractivity contribution in [1.29, 1.82) is 0 Å². The van der Waals surface area contributed by atoms with Crippen molar-refractivity contribution in [2.45, 2.75) is 128 Å². The van der Waals surface area contributed by atoms with Crippen molar-refractivity contribution in [3.63, 3.8) is 0 Å². The number of esters is 1. The molecule has 38 heavy (non-hydrogen) atoms. The minimum atomic E-state index is -1.11. The van der Waals surface area contributed by atoms with Crippen molar-refractivity contribution in [2.24, 2.45) is 5.92 Å². The monoisotopic (exact) mass is 540 g/mol. The number of amides is 4. The van der Waals surface area contributed by atoms with Crippen LogP contribution in [0.5, 0.6) is 0 Å². The highest BCUT2D eigenvalue weighted by atomic mass is 16.6. The smallest absolute Gasteiger partial charge is 0.408 e. The molecule has 0 aromatic heterocycles. The number of alkyl carbamates (subject to hydrolysis) is 1. The fourth-order valence-corrected chi connectivity index (χ4v) is 5.16. The Morgan fingerprint density at radius 2 is 1.71 bits per heavy atom. The van der Waals surface area contributed by atoms with Crippen LogP contribution in [-0.2, 0) is 19.1 Å². The molecule has 4 N–H and O–H groups in total. The number of ether oxygens (including phenoxy) is 2. The first-order chi connectivity index (χ1) is 17.7. The second-order valence-corrected chi connectivity index (χ2v) is 12.2. The van der Waals surface area contributed by atoms with Crippen LogP contribution in [0.2, 0.25) is 0 Å². The summed E-state index contributed by atoms with van der Waals surface area (Å²) in [5, 5.41) is 19.6. The Kier molecular flexibility index (Phi) is 11.2. The van der Waals surface area contributed by atoms with E-state index in [2.05, 4.69) is 16.0 Å². The van der Waals surface area contributed by atoms with Gasteiger partial charge in [0, 0.05) is 6.04 Å². The van der Waals surface area contributed by atoms with E-state index >= 15 is 0 Å². The third kappa shape index (κ3) is 9.03. The van der Waals surface area contributed by atoms with Gasteiger partial charge >= 0.3 is 18.1 Å². The fraction of sp³-hybridized carbons (Fsp3) is 0.852. The maximum absolute atomic E-state index is 13.6. The molecule has 0 aromatic rings. The summed E-state index contributed by atoms with van der Waals surface area (Å²) < 4.78 is 10.3. The van der Waals surface area contributed by atoms with Gasteiger partial charge in [0.05, 0.1) is 25.8 Å². The standard InChI is InChI=1S/C27H48N4O7/c1-17(2)15-20(22(33)37-7)29-24(35)31-16-21(32)19(12-11-18(31)3)28-23(34)27(13-9-8-10-14-27)30-25(36)38-26(4,5)6/h17-21,32H,8-16H2,1-7H3,(H,28,34)(H,29,35)(H,30,36)/t18-,19+,20+,21+/m1/s1. The molecule has 0 aromatic carbocycles. The lowest BCUT2D eigenvalue weighted by molar-refractivity contribution is -0.143. The number of carbonyl (C=O) groups is 4. The summed E-state index contributed by atoms with van der Waals surface area (Å²) in [6.45, 7) is 11.1. The first-order valence-electron chi connectivity index (χ1n) is 13.8. The summed E-state index contributed by atoms with van der Waals surface area (Å²) in [5.74, 6) is -0.705. The summed E-state index contributed by atoms with van der Waals surface area (Å²) in [4.78, 5) is 53.0. The number of nitrogens with zero attached hydrogens (tertiary/aromatic N) is 1. The largest absolute Gasteiger partial charge is 0.467 e. The minimum Gasteiger partial charge on any atom is -0.467 e. The van der Waals surface area contributed by atoms with Gasteiger partial charge in [0.2, 0.25) is 5.91 Å². The third-order valence-corrected chi connectivity index (χ3v) is 7.23. The van der Waals surface area contributed by atoms with Gasteiger partial charge in [-0.3, -0.25) is 4.79 Å². The Labute approximate surface area is 226 Å². The summed E-state index contributed by atoms with van der Waals surface area (Å²) in [7, 11) is 1.28. The van der Waals surface area contributed by atoms with Crippen LogP contribution in [0.15, 0.2) is 0 Å². The Morgan fingerprint density at radius 3 is 2.26 bits per heavy atom. The average molecular weight is 541 g/mol. The van der Waals surface area contributed by atoms with Gasteiger partial charge in [-0.2, -0.15) is 0 Å². The molecule has 0 unspecified atom stereocenters. The van der Waals surface area contributed by atoms with Gasteiger partial charge in [-0.05, 0) is 65.7 Å². The van der Waals surface area contributed by atoms with Crippen molar-refractivity contribution in [1.82, 2.24) is 20.9 Å². The predicted molar refractivity (Wildman–Crippen MR) is 142 cm³/mol. The van der Waals surface area contributed by atoms with Crippen LogP contribution in [0.25, 0.3) is 0 Å². The number of carbonyl (C=O) groups excluding carboxylic acids is 4. The van der Waals surface area contributed by atoms with E-state index in [0.717, 1.165) is 19.3 Å². The zero-order chi connectivity index (χ0) is 28.7. The van der Waals surface area contributed by atoms with Crippen LogP contribution in [0, 0.1) is 5.92 Å². The molecule has 0 bridgehead atoms. The van der Waals surface area contributed by atoms with E-state index in [1.807, 2.05) is 20.8 Å². The quantitative estimate of drug-likeness (QED) is 0.363. The average Bonchev–Trinajstić information content (AvgIpc) is 2.95. The maximum Gasteiger partial charge on any atom is 0.408 e. The van der Waals surface area contributed by atoms with Crippen molar-refractivity contribution < 1.29 is 33.8 Å². The van der Waals surface area contributed by atoms with Crippen LogP contribution >= 0.6 is 0 Å². The lowest BCUT2D eigenvalue weighted by Gasteiger charge is -2.38. The summed E-state index contributed by atoms with van der Waals surface area (Å²) in [6, 6.07) is -2.09. The molecule has 2 rings (SSSR count). The molecule has 0 radical (unpaired) electrons. The van der Waals surface area contributed by atoms with E-state index in [9.17, 15) is 24.3 Å². The van der Waals surface area contributed by atoms with Crippen molar-refractivity contribution in [3.05, 3.63) is 0 Å². The van der Waals surface area contributed by atoms with Crippen LogP contribution in [-0.4, -0.2) is 83.0 Å². The number of likely N-dealkylation sites (tertiary alicyclic amines) is 1. The molecule has 1 heterocycles. The van der Waals surface area contributed by atoms with Gasteiger partial charge in [-0.25, -0.2) is 14.4 Å². The fourth-order valence-electron chi connectivity index (χ4n) is 5.16. The highest BCUT2D eigenvalue weighted by molar-refractivity contribution is 5.90. The molecule has 2 aliphatic rings. The maximum atomic E-state index is 13.6. The molecule has 11 heteroatoms. The molecule has 2 fully saturated rings. The first-order valence-corrected chi connectivity index (χ1v) is 13.8. The van der Waals surface area contributed by atoms with Gasteiger partial charge in [0.25, 0.3) is 0 Å². The predicted octanol–water partition coefficient (Wildman–Crippen LogP) is 2.84. The van der Waals surface area contributed by atoms with Crippen LogP contribution in [0.4, 0.5) is 9.59 Å². The lowest BCUT2D eigenvalue weighted by Crippen LogP contribution is -2.63. The van der Waals surface area contributed by atoms with E-state index in [-0.39, 0.29) is 24.4 Å². The van der Waals surface area contributed by atoms with E-state index in [0.29, 0.717) is 32.1 Å². The number of urea groups is 1. The molecule has 1 aliphatic heterocycles. The zero-order valence-corrected chi connectivity index (χ0v) is 24.1. The molecule has 218 valence electrons. The van der Waals surface area contributed by atoms with E-state index in [1.165, 1.54) is 12.0 Å². The lowest BCUT2D eigenvalue weighted by atomic mass is 9.80. The third-order valence-electron chi connectivity index (χ3n) is 7.23. The topological polar surface area (TPSA) is 146 Å². The minimum absolute atomic E-state index is 0.0139. The van der Waals surface area contributed by atoms with Crippen LogP contribution in [0.3, 0.4) is 0 Å². The van der Waals surface area contributed by atoms with Gasteiger partial charge in [-0.1, -0.05) is 33.1 Å². The highest BCUT2D eigenvalue weighted by Crippen LogP contribution is 2.30. The normalized spacial score (nSPS) is 24.6. The molecule has 4 amide bonds. The Bertz CT molecular complexity index is 836. The van der Waals surface area contributed by atoms with Crippen molar-refractivity contribution in [2.75, 3.05) is 13.7 Å². The highest BCUT2D eigenvalue weighted by Gasteiger charge is 2.44. The molecule has 1 saturated heterocycles. The SMILES string of the molecule is COC(=O)[C@H](CC(C)C)NC(=O)N1C[C@H](O)[C@@H](NC(=O)C2(NC(=O)OC(C)(C)C)CCCCC2)CC[C@H]1C. The number of hydrogen-bond acceptors (Lipinski definition) is 7. The summed E-state index contributed by atoms with van der Waals surface area (Å²) in [5.41, 5.74) is -1.81. The van der Waals surface area contributed by atoms with Crippen molar-refractivity contribution >= 4 is 24.0 Å². The Hall–Kier alpha value is -2.56. The molecular weight excluding hydrogens is 492 g/mol. The number of rotatable bonds is 7. The number of β-amino-alcohol motifs (C(OH)–C–C–N with tert-alkyl or cyclic N) is 1. The Morgan fingerprint density at radius 1 is 1.08 bits per heavy atom. The van der Waals surface area contributed by atoms with Gasteiger partial charge < -0.3 is 35.4 Å². The molecule has 1 saturated carbocycles. The second-order valence-electron chi connectivity index (χ2n) is 12.2. The van der Waals surface area contributed by atoms with Gasteiger partial charge in [-0.15, -0.1) is 0 Å². The summed E-state index contributed by atoms with van der Waals surface area (Å²) >= 11 is 0. The first kappa shape index (κ1) is 31.7. The molecular formula is C27H48N4O7. The Balaban J connectivity index is 2.11. The van der Waals surface area contributed by atoms with Crippen molar-refractivity contribution in [3.8, 4) is 0 Å². The van der Waals surface area contributed by atoms with Gasteiger partial charge in [0.15, 0.2) is 0 Å². The number of hydrogen-bond donors (Lipinski definition) is 4. The van der Waals surface area contributed by atoms with E-state index in [4.69, 9.17) is 9.47 Å². The van der Waals surface area contributed by atoms with Crippen LogP contribution in [0.1, 0.15) is 92.9 Å². The molecule has 11 nitrogen and oxygen atoms in total. The molecule has 1 aliphatic carbocycles. The number of nitrogens with one attached hydrogen (secondary N) is 3. The zero-order valence-electron chi connectivity index (χ0n) is 24.1. The van der Waals surface area contributed by atoms with E-state index in [1.54, 1.807) is 20.8 Å². The number of aliphatic hydroxyl groups is 1. The molecule has 4 atom stereocenters. The number of aliphatic hydroxyl groups excluding tert-OH is 1. The van der Waals surface area contributed by atoms with Gasteiger partial charge in [0.1, 0.15) is 17.2 Å². The summed E-state index contributed by atoms with van der Waals surface area (Å²) in [6.07, 6.45) is 3.26. The number of methoxy groups -OCH3 is 1. The second kappa shape index (κ2) is 13.5. The van der Waals surface area contributed by atoms with Crippen LogP contribution < -0.4 is 16.0 Å². The molecule has 0 spiro atoms.